The summed E-state index contributed by atoms with van der Waals surface area (Å²) in [6.07, 6.45) is -0.694. The van der Waals surface area contributed by atoms with Crippen LogP contribution < -0.4 is 5.32 Å². The van der Waals surface area contributed by atoms with Crippen LogP contribution in [0.5, 0.6) is 0 Å². The molecule has 1 amide bonds. The van der Waals surface area contributed by atoms with Gasteiger partial charge < -0.3 is 10.4 Å². The molecule has 0 aliphatic rings. The molecule has 0 saturated carbocycles. The van der Waals surface area contributed by atoms with Gasteiger partial charge in [0.05, 0.1) is 17.7 Å². The summed E-state index contributed by atoms with van der Waals surface area (Å²) in [4.78, 5) is 12.6. The van der Waals surface area contributed by atoms with Gasteiger partial charge in [-0.15, -0.1) is 0 Å². The smallest absolute Gasteiger partial charge is 0.271 e. The van der Waals surface area contributed by atoms with E-state index in [1.165, 1.54) is 4.68 Å². The van der Waals surface area contributed by atoms with Crippen LogP contribution in [0.3, 0.4) is 0 Å². The van der Waals surface area contributed by atoms with Crippen LogP contribution in [0.2, 0.25) is 0 Å². The molecule has 2 N–H and O–H groups in total. The first kappa shape index (κ1) is 19.2. The summed E-state index contributed by atoms with van der Waals surface area (Å²) >= 11 is 0. The van der Waals surface area contributed by atoms with E-state index in [2.05, 4.69) is 22.6 Å². The molecule has 0 aliphatic heterocycles. The van der Waals surface area contributed by atoms with E-state index in [4.69, 9.17) is 5.26 Å². The lowest BCUT2D eigenvalue weighted by Crippen LogP contribution is -2.33. The minimum atomic E-state index is -0.694. The van der Waals surface area contributed by atoms with Crippen LogP contribution in [0.4, 0.5) is 0 Å². The van der Waals surface area contributed by atoms with Crippen molar-refractivity contribution < 1.29 is 9.90 Å². The standard InChI is InChI=1S/C19H21N5O2/c1-11(2)24-18(19(26)22-10-13(4)25)16(9-21)17(23-24)14-5-6-15(8-20)12(3)7-14/h5-7,11,13,25H,10H2,1-4H3,(H,22,26)/t13-/m0/s1. The second-order valence-electron chi connectivity index (χ2n) is 6.42. The summed E-state index contributed by atoms with van der Waals surface area (Å²) in [5, 5.41) is 35.2. The molecule has 134 valence electrons. The van der Waals surface area contributed by atoms with Crippen LogP contribution in [-0.2, 0) is 0 Å². The maximum atomic E-state index is 12.6. The molecule has 0 spiro atoms. The molecule has 0 fully saturated rings. The third-order valence-electron chi connectivity index (χ3n) is 3.90. The minimum absolute atomic E-state index is 0.0816. The van der Waals surface area contributed by atoms with Crippen LogP contribution in [0.1, 0.15) is 54.0 Å². The predicted molar refractivity (Wildman–Crippen MR) is 96.2 cm³/mol. The van der Waals surface area contributed by atoms with Crippen LogP contribution in [0.15, 0.2) is 18.2 Å². The number of hydrogen-bond donors (Lipinski definition) is 2. The molecule has 1 heterocycles. The van der Waals surface area contributed by atoms with Gasteiger partial charge in [-0.1, -0.05) is 6.07 Å². The summed E-state index contributed by atoms with van der Waals surface area (Å²) in [5.41, 5.74) is 2.72. The van der Waals surface area contributed by atoms with Crippen LogP contribution in [0.25, 0.3) is 11.3 Å². The maximum Gasteiger partial charge on any atom is 0.271 e. The molecule has 0 saturated heterocycles. The van der Waals surface area contributed by atoms with Gasteiger partial charge in [-0.3, -0.25) is 9.48 Å². The molecule has 0 radical (unpaired) electrons. The van der Waals surface area contributed by atoms with E-state index in [-0.39, 0.29) is 23.8 Å². The Morgan fingerprint density at radius 2 is 2.00 bits per heavy atom. The van der Waals surface area contributed by atoms with E-state index in [9.17, 15) is 15.2 Å². The van der Waals surface area contributed by atoms with Crippen molar-refractivity contribution in [1.29, 1.82) is 10.5 Å². The highest BCUT2D eigenvalue weighted by molar-refractivity contribution is 5.97. The molecule has 2 aromatic rings. The monoisotopic (exact) mass is 351 g/mol. The quantitative estimate of drug-likeness (QED) is 0.857. The Bertz CT molecular complexity index is 913. The number of aryl methyl sites for hydroxylation is 1. The Balaban J connectivity index is 2.61. The second kappa shape index (κ2) is 7.81. The molecule has 7 heteroatoms. The highest BCUT2D eigenvalue weighted by atomic mass is 16.3. The number of carbonyl (C=O) groups excluding carboxylic acids is 1. The van der Waals surface area contributed by atoms with Gasteiger partial charge in [0.2, 0.25) is 0 Å². The molecule has 2 rings (SSSR count). The summed E-state index contributed by atoms with van der Waals surface area (Å²) in [7, 11) is 0. The average molecular weight is 351 g/mol. The molecule has 0 unspecified atom stereocenters. The van der Waals surface area contributed by atoms with Crippen LogP contribution >= 0.6 is 0 Å². The van der Waals surface area contributed by atoms with Crippen molar-refractivity contribution in [3.05, 3.63) is 40.6 Å². The number of hydrogen-bond acceptors (Lipinski definition) is 5. The molecule has 1 atom stereocenters. The predicted octanol–water partition coefficient (Wildman–Crippen LogP) is 2.29. The van der Waals surface area contributed by atoms with Crippen molar-refractivity contribution in [2.45, 2.75) is 39.8 Å². The van der Waals surface area contributed by atoms with E-state index in [0.717, 1.165) is 5.56 Å². The lowest BCUT2D eigenvalue weighted by atomic mass is 10.0. The lowest BCUT2D eigenvalue weighted by molar-refractivity contribution is 0.0911. The third-order valence-corrected chi connectivity index (χ3v) is 3.90. The number of rotatable bonds is 5. The van der Waals surface area contributed by atoms with Gasteiger partial charge in [0.15, 0.2) is 0 Å². The highest BCUT2D eigenvalue weighted by Gasteiger charge is 2.26. The lowest BCUT2D eigenvalue weighted by Gasteiger charge is -2.12. The number of aliphatic hydroxyl groups is 1. The van der Waals surface area contributed by atoms with Crippen LogP contribution in [0, 0.1) is 29.6 Å². The fourth-order valence-electron chi connectivity index (χ4n) is 2.59. The Kier molecular flexibility index (Phi) is 5.76. The van der Waals surface area contributed by atoms with Gasteiger partial charge >= 0.3 is 0 Å². The SMILES string of the molecule is Cc1cc(-c2nn(C(C)C)c(C(=O)NC[C@H](C)O)c2C#N)ccc1C#N. The first-order valence-corrected chi connectivity index (χ1v) is 8.30. The fourth-order valence-corrected chi connectivity index (χ4v) is 2.59. The molecule has 1 aromatic heterocycles. The molecule has 0 aliphatic carbocycles. The molecular weight excluding hydrogens is 330 g/mol. The Morgan fingerprint density at radius 1 is 1.31 bits per heavy atom. The first-order chi connectivity index (χ1) is 12.3. The number of nitrogens with zero attached hydrogens (tertiary/aromatic N) is 4. The topological polar surface area (TPSA) is 115 Å². The van der Waals surface area contributed by atoms with Gasteiger partial charge in [-0.05, 0) is 45.4 Å². The van der Waals surface area contributed by atoms with Crippen molar-refractivity contribution in [2.24, 2.45) is 0 Å². The van der Waals surface area contributed by atoms with E-state index in [0.29, 0.717) is 16.8 Å². The van der Waals surface area contributed by atoms with Crippen molar-refractivity contribution in [2.75, 3.05) is 6.54 Å². The van der Waals surface area contributed by atoms with Crippen molar-refractivity contribution >= 4 is 5.91 Å². The van der Waals surface area contributed by atoms with Crippen molar-refractivity contribution in [3.8, 4) is 23.4 Å². The van der Waals surface area contributed by atoms with E-state index < -0.39 is 12.0 Å². The molecule has 7 nitrogen and oxygen atoms in total. The van der Waals surface area contributed by atoms with Gasteiger partial charge in [-0.25, -0.2) is 0 Å². The van der Waals surface area contributed by atoms with Gasteiger partial charge in [-0.2, -0.15) is 15.6 Å². The third kappa shape index (κ3) is 3.74. The Labute approximate surface area is 152 Å². The normalized spacial score (nSPS) is 11.7. The van der Waals surface area contributed by atoms with E-state index in [1.54, 1.807) is 25.1 Å². The second-order valence-corrected chi connectivity index (χ2v) is 6.42. The number of amides is 1. The summed E-state index contributed by atoms with van der Waals surface area (Å²) in [5.74, 6) is -0.458. The van der Waals surface area contributed by atoms with Crippen molar-refractivity contribution in [1.82, 2.24) is 15.1 Å². The number of nitriles is 2. The van der Waals surface area contributed by atoms with E-state index >= 15 is 0 Å². The highest BCUT2D eigenvalue weighted by Crippen LogP contribution is 2.28. The molecule has 0 bridgehead atoms. The fraction of sp³-hybridized carbons (Fsp3) is 0.368. The van der Waals surface area contributed by atoms with Crippen LogP contribution in [-0.4, -0.2) is 33.4 Å². The summed E-state index contributed by atoms with van der Waals surface area (Å²) in [6.45, 7) is 7.19. The first-order valence-electron chi connectivity index (χ1n) is 8.30. The number of carbonyl (C=O) groups is 1. The maximum absolute atomic E-state index is 12.6. The van der Waals surface area contributed by atoms with E-state index in [1.807, 2.05) is 20.8 Å². The minimum Gasteiger partial charge on any atom is -0.392 e. The summed E-state index contributed by atoms with van der Waals surface area (Å²) in [6, 6.07) is 9.23. The number of aromatic nitrogens is 2. The Morgan fingerprint density at radius 3 is 2.50 bits per heavy atom. The van der Waals surface area contributed by atoms with Crippen molar-refractivity contribution in [3.63, 3.8) is 0 Å². The number of nitrogens with one attached hydrogen (secondary N) is 1. The largest absolute Gasteiger partial charge is 0.392 e. The molecular formula is C19H21N5O2. The Hall–Kier alpha value is -3.16. The van der Waals surface area contributed by atoms with Gasteiger partial charge in [0.1, 0.15) is 23.0 Å². The summed E-state index contributed by atoms with van der Waals surface area (Å²) < 4.78 is 1.51. The zero-order valence-corrected chi connectivity index (χ0v) is 15.2. The average Bonchev–Trinajstić information content (AvgIpc) is 2.99. The zero-order valence-electron chi connectivity index (χ0n) is 15.2. The zero-order chi connectivity index (χ0) is 19.4. The molecule has 26 heavy (non-hydrogen) atoms. The van der Waals surface area contributed by atoms with Gasteiger partial charge in [0.25, 0.3) is 5.91 Å². The molecule has 1 aromatic carbocycles. The van der Waals surface area contributed by atoms with Gasteiger partial charge in [0, 0.05) is 18.2 Å². The number of aliphatic hydroxyl groups excluding tert-OH is 1. The number of benzene rings is 1.